The number of thiazole rings is 1. The lowest BCUT2D eigenvalue weighted by molar-refractivity contribution is -0.129. The van der Waals surface area contributed by atoms with E-state index in [1.54, 1.807) is 11.3 Å². The summed E-state index contributed by atoms with van der Waals surface area (Å²) in [5.41, 5.74) is 7.00. The Morgan fingerprint density at radius 3 is 2.24 bits per heavy atom. The molecular formula is C18H31Cl2N3OS. The number of amides is 1. The number of fused-ring (bicyclic) bond motifs is 2. The van der Waals surface area contributed by atoms with Gasteiger partial charge in [0.2, 0.25) is 5.91 Å². The predicted molar refractivity (Wildman–Crippen MR) is 109 cm³/mol. The molecule has 0 spiro atoms. The van der Waals surface area contributed by atoms with Gasteiger partial charge < -0.3 is 11.1 Å². The molecule has 2 saturated carbocycles. The summed E-state index contributed by atoms with van der Waals surface area (Å²) in [5.74, 6) is 1.37. The summed E-state index contributed by atoms with van der Waals surface area (Å²) in [6.07, 6.45) is 5.57. The predicted octanol–water partition coefficient (Wildman–Crippen LogP) is 4.11. The summed E-state index contributed by atoms with van der Waals surface area (Å²) in [6, 6.07) is 0.310. The molecule has 3 N–H and O–H groups in total. The zero-order valence-corrected chi connectivity index (χ0v) is 18.0. The maximum absolute atomic E-state index is 12.8. The maximum Gasteiger partial charge on any atom is 0.223 e. The number of carbonyl (C=O) groups is 1. The Bertz CT molecular complexity index is 572. The molecule has 3 rings (SSSR count). The Morgan fingerprint density at radius 1 is 1.20 bits per heavy atom. The van der Waals surface area contributed by atoms with Crippen LogP contribution in [0.2, 0.25) is 0 Å². The van der Waals surface area contributed by atoms with Gasteiger partial charge in [0, 0.05) is 16.8 Å². The van der Waals surface area contributed by atoms with Crippen molar-refractivity contribution >= 4 is 42.1 Å². The van der Waals surface area contributed by atoms with Crippen molar-refractivity contribution in [3.05, 3.63) is 15.6 Å². The average Bonchev–Trinajstić information content (AvgIpc) is 2.78. The van der Waals surface area contributed by atoms with Crippen LogP contribution < -0.4 is 11.1 Å². The quantitative estimate of drug-likeness (QED) is 0.791. The van der Waals surface area contributed by atoms with Gasteiger partial charge in [0.1, 0.15) is 5.01 Å². The summed E-state index contributed by atoms with van der Waals surface area (Å²) in [4.78, 5) is 18.7. The number of nitrogens with zero attached hydrogens (tertiary/aromatic N) is 1. The second-order valence-electron chi connectivity index (χ2n) is 7.97. The molecule has 2 aliphatic rings. The van der Waals surface area contributed by atoms with Gasteiger partial charge in [-0.1, -0.05) is 6.42 Å². The Balaban J connectivity index is 0.00000156. The van der Waals surface area contributed by atoms with Gasteiger partial charge in [-0.25, -0.2) is 4.98 Å². The lowest BCUT2D eigenvalue weighted by Gasteiger charge is -2.44. The SMILES string of the molecule is Cc1nc(C(C)(C)NC(=O)C2CC3CCCC(C2)C3N)sc1C.Cl.Cl. The van der Waals surface area contributed by atoms with Crippen molar-refractivity contribution in [2.24, 2.45) is 23.5 Å². The molecule has 0 aromatic carbocycles. The summed E-state index contributed by atoms with van der Waals surface area (Å²) in [7, 11) is 0. The number of nitrogens with one attached hydrogen (secondary N) is 1. The topological polar surface area (TPSA) is 68.0 Å². The highest BCUT2D eigenvalue weighted by Crippen LogP contribution is 2.42. The van der Waals surface area contributed by atoms with Crippen LogP contribution in [0.4, 0.5) is 0 Å². The fraction of sp³-hybridized carbons (Fsp3) is 0.778. The van der Waals surface area contributed by atoms with Crippen LogP contribution in [0.15, 0.2) is 0 Å². The minimum atomic E-state index is -0.407. The molecule has 1 aromatic heterocycles. The lowest BCUT2D eigenvalue weighted by Crippen LogP contribution is -2.51. The van der Waals surface area contributed by atoms with Crippen molar-refractivity contribution < 1.29 is 4.79 Å². The summed E-state index contributed by atoms with van der Waals surface area (Å²) in [5, 5.41) is 4.25. The van der Waals surface area contributed by atoms with E-state index in [4.69, 9.17) is 5.73 Å². The second-order valence-corrected chi connectivity index (χ2v) is 9.17. The molecule has 2 atom stereocenters. The van der Waals surface area contributed by atoms with Gasteiger partial charge in [-0.15, -0.1) is 36.2 Å². The fourth-order valence-corrected chi connectivity index (χ4v) is 5.18. The molecule has 25 heavy (non-hydrogen) atoms. The standard InChI is InChI=1S/C18H29N3OS.2ClH/c1-10-11(2)23-17(20-10)18(3,4)21-16(22)14-8-12-6-5-7-13(9-14)15(12)19;;/h12-15H,5-9,19H2,1-4H3,(H,21,22);2*1H. The van der Waals surface area contributed by atoms with E-state index in [1.165, 1.54) is 24.1 Å². The van der Waals surface area contributed by atoms with Gasteiger partial charge in [0.25, 0.3) is 0 Å². The lowest BCUT2D eigenvalue weighted by atomic mass is 9.65. The molecule has 2 fully saturated rings. The van der Waals surface area contributed by atoms with Gasteiger partial charge >= 0.3 is 0 Å². The monoisotopic (exact) mass is 407 g/mol. The third-order valence-electron chi connectivity index (χ3n) is 5.78. The van der Waals surface area contributed by atoms with Crippen molar-refractivity contribution in [2.45, 2.75) is 71.4 Å². The average molecular weight is 408 g/mol. The van der Waals surface area contributed by atoms with Crippen LogP contribution in [-0.2, 0) is 10.3 Å². The van der Waals surface area contributed by atoms with E-state index < -0.39 is 5.54 Å². The molecule has 2 bridgehead atoms. The first-order valence-corrected chi connectivity index (χ1v) is 9.61. The smallest absolute Gasteiger partial charge is 0.223 e. The molecule has 1 amide bonds. The zero-order chi connectivity index (χ0) is 16.8. The minimum absolute atomic E-state index is 0. The first kappa shape index (κ1) is 22.7. The number of carbonyl (C=O) groups excluding carboxylic acids is 1. The molecule has 0 radical (unpaired) electrons. The number of aryl methyl sites for hydroxylation is 2. The van der Waals surface area contributed by atoms with Crippen molar-refractivity contribution in [2.75, 3.05) is 0 Å². The number of aromatic nitrogens is 1. The van der Waals surface area contributed by atoms with E-state index in [2.05, 4.69) is 31.1 Å². The number of nitrogens with two attached hydrogens (primary N) is 1. The Morgan fingerprint density at radius 2 is 1.76 bits per heavy atom. The Kier molecular flexibility index (Phi) is 7.76. The Labute approximate surface area is 167 Å². The minimum Gasteiger partial charge on any atom is -0.344 e. The van der Waals surface area contributed by atoms with Crippen LogP contribution in [-0.4, -0.2) is 16.9 Å². The highest BCUT2D eigenvalue weighted by Gasteiger charge is 2.41. The van der Waals surface area contributed by atoms with E-state index in [0.717, 1.165) is 23.5 Å². The third-order valence-corrected chi connectivity index (χ3v) is 7.18. The van der Waals surface area contributed by atoms with Gasteiger partial charge in [-0.3, -0.25) is 4.79 Å². The van der Waals surface area contributed by atoms with Crippen LogP contribution in [0.1, 0.15) is 61.5 Å². The van der Waals surface area contributed by atoms with Crippen LogP contribution in [0.5, 0.6) is 0 Å². The summed E-state index contributed by atoms with van der Waals surface area (Å²) in [6.45, 7) is 8.21. The Hall–Kier alpha value is -0.360. The van der Waals surface area contributed by atoms with Crippen molar-refractivity contribution in [3.63, 3.8) is 0 Å². The normalized spacial score (nSPS) is 28.5. The van der Waals surface area contributed by atoms with Gasteiger partial charge in [-0.2, -0.15) is 0 Å². The van der Waals surface area contributed by atoms with Crippen LogP contribution >= 0.6 is 36.2 Å². The zero-order valence-electron chi connectivity index (χ0n) is 15.5. The number of hydrogen-bond donors (Lipinski definition) is 2. The van der Waals surface area contributed by atoms with Gasteiger partial charge in [-0.05, 0) is 65.2 Å². The van der Waals surface area contributed by atoms with Gasteiger partial charge in [0.05, 0.1) is 11.2 Å². The highest BCUT2D eigenvalue weighted by atomic mass is 35.5. The van der Waals surface area contributed by atoms with Crippen molar-refractivity contribution in [1.29, 1.82) is 0 Å². The third kappa shape index (κ3) is 4.68. The number of hydrogen-bond acceptors (Lipinski definition) is 4. The summed E-state index contributed by atoms with van der Waals surface area (Å²) < 4.78 is 0. The number of halogens is 2. The highest BCUT2D eigenvalue weighted by molar-refractivity contribution is 7.11. The van der Waals surface area contributed by atoms with Crippen LogP contribution in [0.3, 0.4) is 0 Å². The molecule has 2 aliphatic carbocycles. The number of rotatable bonds is 3. The molecular weight excluding hydrogens is 377 g/mol. The first-order valence-electron chi connectivity index (χ1n) is 8.80. The molecule has 2 unspecified atom stereocenters. The van der Waals surface area contributed by atoms with Crippen molar-refractivity contribution in [1.82, 2.24) is 10.3 Å². The summed E-state index contributed by atoms with van der Waals surface area (Å²) >= 11 is 1.68. The molecule has 0 saturated heterocycles. The van der Waals surface area contributed by atoms with Crippen LogP contribution in [0, 0.1) is 31.6 Å². The second kappa shape index (κ2) is 8.55. The molecule has 4 nitrogen and oxygen atoms in total. The largest absolute Gasteiger partial charge is 0.344 e. The fourth-order valence-electron chi connectivity index (χ4n) is 4.21. The molecule has 0 aliphatic heterocycles. The van der Waals surface area contributed by atoms with E-state index in [0.29, 0.717) is 17.9 Å². The van der Waals surface area contributed by atoms with E-state index in [9.17, 15) is 4.79 Å². The van der Waals surface area contributed by atoms with Gasteiger partial charge in [0.15, 0.2) is 0 Å². The van der Waals surface area contributed by atoms with E-state index >= 15 is 0 Å². The van der Waals surface area contributed by atoms with Crippen molar-refractivity contribution in [3.8, 4) is 0 Å². The maximum atomic E-state index is 12.8. The molecule has 1 aromatic rings. The van der Waals surface area contributed by atoms with E-state index in [1.807, 2.05) is 6.92 Å². The molecule has 7 heteroatoms. The molecule has 144 valence electrons. The first-order chi connectivity index (χ1) is 10.8. The molecule has 1 heterocycles. The van der Waals surface area contributed by atoms with E-state index in [-0.39, 0.29) is 36.6 Å². The van der Waals surface area contributed by atoms with Crippen LogP contribution in [0.25, 0.3) is 0 Å².